The lowest BCUT2D eigenvalue weighted by molar-refractivity contribution is -0.121. The fraction of sp³-hybridized carbons (Fsp3) is 0.588. The van der Waals surface area contributed by atoms with Gasteiger partial charge in [0.25, 0.3) is 0 Å². The molecule has 3 rings (SSSR count). The highest BCUT2D eigenvalue weighted by atomic mass is 16.5. The van der Waals surface area contributed by atoms with Gasteiger partial charge in [0.1, 0.15) is 5.75 Å². The van der Waals surface area contributed by atoms with E-state index in [0.717, 1.165) is 24.2 Å². The van der Waals surface area contributed by atoms with Gasteiger partial charge in [0, 0.05) is 23.7 Å². The number of hydrogen-bond acceptors (Lipinski definition) is 3. The largest absolute Gasteiger partial charge is 0.496 e. The van der Waals surface area contributed by atoms with Gasteiger partial charge in [-0.15, -0.1) is 0 Å². The molecule has 2 fully saturated rings. The van der Waals surface area contributed by atoms with Gasteiger partial charge in [0.05, 0.1) is 13.5 Å². The highest BCUT2D eigenvalue weighted by Crippen LogP contribution is 2.34. The van der Waals surface area contributed by atoms with E-state index in [0.29, 0.717) is 24.5 Å². The minimum Gasteiger partial charge on any atom is -0.496 e. The fourth-order valence-corrected chi connectivity index (χ4v) is 3.83. The summed E-state index contributed by atoms with van der Waals surface area (Å²) in [7, 11) is 3.86. The Morgan fingerprint density at radius 1 is 1.29 bits per heavy atom. The zero-order chi connectivity index (χ0) is 14.8. The van der Waals surface area contributed by atoms with Crippen LogP contribution in [0.4, 0.5) is 0 Å². The standard InChI is InChI=1S/C17H24N2O2/c1-19-14-7-8-15(19)11-13(10-14)18-17(20)9-12-5-3-4-6-16(12)21-2/h3-6,13-15H,7-11H2,1-2H3,(H,18,20)/t13?,14-,15+. The van der Waals surface area contributed by atoms with Crippen molar-refractivity contribution in [3.05, 3.63) is 29.8 Å². The van der Waals surface area contributed by atoms with Gasteiger partial charge in [-0.1, -0.05) is 18.2 Å². The van der Waals surface area contributed by atoms with Crippen molar-refractivity contribution in [2.24, 2.45) is 0 Å². The maximum absolute atomic E-state index is 12.3. The van der Waals surface area contributed by atoms with E-state index in [2.05, 4.69) is 17.3 Å². The summed E-state index contributed by atoms with van der Waals surface area (Å²) in [5, 5.41) is 3.22. The average Bonchev–Trinajstić information content (AvgIpc) is 2.70. The summed E-state index contributed by atoms with van der Waals surface area (Å²) in [5.41, 5.74) is 0.952. The predicted octanol–water partition coefficient (Wildman–Crippen LogP) is 1.98. The third-order valence-electron chi connectivity index (χ3n) is 5.01. The molecule has 2 bridgehead atoms. The molecule has 1 amide bonds. The van der Waals surface area contributed by atoms with Gasteiger partial charge in [0.2, 0.25) is 5.91 Å². The smallest absolute Gasteiger partial charge is 0.224 e. The second kappa shape index (κ2) is 6.06. The molecule has 2 saturated heterocycles. The molecule has 1 unspecified atom stereocenters. The van der Waals surface area contributed by atoms with Crippen LogP contribution in [0.2, 0.25) is 0 Å². The van der Waals surface area contributed by atoms with Gasteiger partial charge in [-0.2, -0.15) is 0 Å². The van der Waals surface area contributed by atoms with Crippen LogP contribution in [-0.4, -0.2) is 43.1 Å². The van der Waals surface area contributed by atoms with Crippen LogP contribution in [0.3, 0.4) is 0 Å². The molecule has 2 aliphatic rings. The molecular formula is C17H24N2O2. The van der Waals surface area contributed by atoms with Crippen molar-refractivity contribution in [2.75, 3.05) is 14.2 Å². The van der Waals surface area contributed by atoms with E-state index in [4.69, 9.17) is 4.74 Å². The lowest BCUT2D eigenvalue weighted by Crippen LogP contribution is -2.49. The number of carbonyl (C=O) groups is 1. The molecule has 0 aliphatic carbocycles. The summed E-state index contributed by atoms with van der Waals surface area (Å²) in [6.45, 7) is 0. The summed E-state index contributed by atoms with van der Waals surface area (Å²) in [5.74, 6) is 0.893. The van der Waals surface area contributed by atoms with E-state index in [1.165, 1.54) is 12.8 Å². The van der Waals surface area contributed by atoms with Crippen molar-refractivity contribution in [3.8, 4) is 5.75 Å². The quantitative estimate of drug-likeness (QED) is 0.921. The number of carbonyl (C=O) groups excluding carboxylic acids is 1. The van der Waals surface area contributed by atoms with E-state index >= 15 is 0 Å². The first-order valence-electron chi connectivity index (χ1n) is 7.80. The molecule has 0 saturated carbocycles. The number of fused-ring (bicyclic) bond motifs is 2. The van der Waals surface area contributed by atoms with Crippen LogP contribution in [0, 0.1) is 0 Å². The zero-order valence-electron chi connectivity index (χ0n) is 12.8. The Labute approximate surface area is 126 Å². The highest BCUT2D eigenvalue weighted by molar-refractivity contribution is 5.79. The number of nitrogens with one attached hydrogen (secondary N) is 1. The number of nitrogens with zero attached hydrogens (tertiary/aromatic N) is 1. The number of hydrogen-bond donors (Lipinski definition) is 1. The van der Waals surface area contributed by atoms with Crippen LogP contribution in [0.15, 0.2) is 24.3 Å². The number of ether oxygens (including phenoxy) is 1. The minimum atomic E-state index is 0.105. The van der Waals surface area contributed by atoms with Gasteiger partial charge >= 0.3 is 0 Å². The number of benzene rings is 1. The predicted molar refractivity (Wildman–Crippen MR) is 82.4 cm³/mol. The van der Waals surface area contributed by atoms with Gasteiger partial charge in [-0.3, -0.25) is 4.79 Å². The van der Waals surface area contributed by atoms with E-state index in [1.54, 1.807) is 7.11 Å². The Morgan fingerprint density at radius 3 is 2.62 bits per heavy atom. The second-order valence-corrected chi connectivity index (χ2v) is 6.27. The third-order valence-corrected chi connectivity index (χ3v) is 5.01. The zero-order valence-corrected chi connectivity index (χ0v) is 12.8. The molecule has 2 aliphatic heterocycles. The fourth-order valence-electron chi connectivity index (χ4n) is 3.83. The number of rotatable bonds is 4. The summed E-state index contributed by atoms with van der Waals surface area (Å²) in [6.07, 6.45) is 5.13. The normalized spacial score (nSPS) is 28.4. The first-order chi connectivity index (χ1) is 10.2. The van der Waals surface area contributed by atoms with Crippen LogP contribution in [0.5, 0.6) is 5.75 Å². The Morgan fingerprint density at radius 2 is 1.95 bits per heavy atom. The molecule has 1 N–H and O–H groups in total. The minimum absolute atomic E-state index is 0.105. The van der Waals surface area contributed by atoms with Crippen molar-refractivity contribution in [1.82, 2.24) is 10.2 Å². The van der Waals surface area contributed by atoms with Crippen molar-refractivity contribution in [2.45, 2.75) is 50.2 Å². The topological polar surface area (TPSA) is 41.6 Å². The molecule has 1 aromatic rings. The average molecular weight is 288 g/mol. The number of methoxy groups -OCH3 is 1. The first-order valence-corrected chi connectivity index (χ1v) is 7.80. The van der Waals surface area contributed by atoms with Crippen molar-refractivity contribution in [1.29, 1.82) is 0 Å². The first kappa shape index (κ1) is 14.4. The molecule has 0 spiro atoms. The molecule has 114 valence electrons. The SMILES string of the molecule is COc1ccccc1CC(=O)NC1C[C@H]2CC[C@@H](C1)N2C. The van der Waals surface area contributed by atoms with Gasteiger partial charge in [0.15, 0.2) is 0 Å². The molecule has 0 radical (unpaired) electrons. The molecule has 0 aromatic heterocycles. The molecule has 2 heterocycles. The Balaban J connectivity index is 1.57. The molecular weight excluding hydrogens is 264 g/mol. The molecule has 4 nitrogen and oxygen atoms in total. The van der Waals surface area contributed by atoms with E-state index < -0.39 is 0 Å². The Bertz CT molecular complexity index is 503. The van der Waals surface area contributed by atoms with Crippen LogP contribution in [0.25, 0.3) is 0 Å². The highest BCUT2D eigenvalue weighted by Gasteiger charge is 2.38. The lowest BCUT2D eigenvalue weighted by Gasteiger charge is -2.36. The van der Waals surface area contributed by atoms with Crippen molar-refractivity contribution in [3.63, 3.8) is 0 Å². The van der Waals surface area contributed by atoms with Gasteiger partial charge < -0.3 is 15.0 Å². The molecule has 3 atom stereocenters. The van der Waals surface area contributed by atoms with E-state index in [9.17, 15) is 4.79 Å². The van der Waals surface area contributed by atoms with Crippen LogP contribution >= 0.6 is 0 Å². The molecule has 4 heteroatoms. The number of para-hydroxylation sites is 1. The molecule has 21 heavy (non-hydrogen) atoms. The summed E-state index contributed by atoms with van der Waals surface area (Å²) in [6, 6.07) is 9.37. The summed E-state index contributed by atoms with van der Waals surface area (Å²) >= 11 is 0. The Kier molecular flexibility index (Phi) is 4.15. The third kappa shape index (κ3) is 3.05. The summed E-state index contributed by atoms with van der Waals surface area (Å²) in [4.78, 5) is 14.8. The van der Waals surface area contributed by atoms with Crippen LogP contribution < -0.4 is 10.1 Å². The second-order valence-electron chi connectivity index (χ2n) is 6.27. The van der Waals surface area contributed by atoms with Crippen molar-refractivity contribution < 1.29 is 9.53 Å². The number of piperidine rings is 1. The number of amides is 1. The maximum atomic E-state index is 12.3. The monoisotopic (exact) mass is 288 g/mol. The summed E-state index contributed by atoms with van der Waals surface area (Å²) < 4.78 is 5.31. The Hall–Kier alpha value is -1.55. The van der Waals surface area contributed by atoms with E-state index in [1.807, 2.05) is 24.3 Å². The van der Waals surface area contributed by atoms with Crippen LogP contribution in [0.1, 0.15) is 31.2 Å². The van der Waals surface area contributed by atoms with Crippen molar-refractivity contribution >= 4 is 5.91 Å². The van der Waals surface area contributed by atoms with E-state index in [-0.39, 0.29) is 5.91 Å². The van der Waals surface area contributed by atoms with Crippen LogP contribution in [-0.2, 0) is 11.2 Å². The van der Waals surface area contributed by atoms with Gasteiger partial charge in [-0.25, -0.2) is 0 Å². The maximum Gasteiger partial charge on any atom is 0.224 e. The lowest BCUT2D eigenvalue weighted by atomic mass is 9.97. The van der Waals surface area contributed by atoms with Gasteiger partial charge in [-0.05, 0) is 38.8 Å². The molecule has 1 aromatic carbocycles.